The zero-order valence-corrected chi connectivity index (χ0v) is 17.7. The number of aryl methyl sites for hydroxylation is 2. The number of anilines is 1. The van der Waals surface area contributed by atoms with E-state index in [1.54, 1.807) is 7.11 Å². The van der Waals surface area contributed by atoms with E-state index in [0.29, 0.717) is 31.1 Å². The Morgan fingerprint density at radius 3 is 2.70 bits per heavy atom. The minimum Gasteiger partial charge on any atom is -0.497 e. The van der Waals surface area contributed by atoms with Crippen molar-refractivity contribution < 1.29 is 14.1 Å². The number of benzene rings is 2. The summed E-state index contributed by atoms with van der Waals surface area (Å²) in [6.07, 6.45) is 0.713. The monoisotopic (exact) mass is 408 g/mol. The molecule has 0 radical (unpaired) electrons. The molecule has 0 spiro atoms. The molecular formula is C23H28N4O3. The van der Waals surface area contributed by atoms with Gasteiger partial charge in [0.25, 0.3) is 0 Å². The lowest BCUT2D eigenvalue weighted by Crippen LogP contribution is -2.35. The number of likely N-dealkylation sites (N-methyl/N-ethyl adjacent to an activating group) is 1. The molecule has 1 N–H and O–H groups in total. The molecule has 0 saturated carbocycles. The molecule has 0 aliphatic carbocycles. The summed E-state index contributed by atoms with van der Waals surface area (Å²) < 4.78 is 10.4. The topological polar surface area (TPSA) is 80.5 Å². The number of hydrogen-bond acceptors (Lipinski definition) is 6. The lowest BCUT2D eigenvalue weighted by atomic mass is 10.2. The molecule has 1 amide bonds. The lowest BCUT2D eigenvalue weighted by molar-refractivity contribution is -0.121. The molecular weight excluding hydrogens is 380 g/mol. The minimum atomic E-state index is -0.0282. The van der Waals surface area contributed by atoms with Crippen LogP contribution in [0.2, 0.25) is 0 Å². The van der Waals surface area contributed by atoms with Crippen molar-refractivity contribution in [3.8, 4) is 17.1 Å². The van der Waals surface area contributed by atoms with E-state index in [-0.39, 0.29) is 5.91 Å². The molecule has 1 heterocycles. The minimum absolute atomic E-state index is 0.0282. The third-order valence-corrected chi connectivity index (χ3v) is 4.83. The SMILES string of the molecule is CCN(CCNC(=O)CCc1nc(-c2ccc(OC)cc2)no1)c1cccc(C)c1. The Morgan fingerprint density at radius 1 is 1.20 bits per heavy atom. The van der Waals surface area contributed by atoms with Gasteiger partial charge in [0.1, 0.15) is 5.75 Å². The van der Waals surface area contributed by atoms with Crippen LogP contribution in [0.15, 0.2) is 53.1 Å². The van der Waals surface area contributed by atoms with Crippen LogP contribution in [-0.2, 0) is 11.2 Å². The number of carbonyl (C=O) groups excluding carboxylic acids is 1. The summed E-state index contributed by atoms with van der Waals surface area (Å²) in [6.45, 7) is 6.42. The van der Waals surface area contributed by atoms with E-state index in [1.807, 2.05) is 24.3 Å². The summed E-state index contributed by atoms with van der Waals surface area (Å²) in [5, 5.41) is 6.96. The van der Waals surface area contributed by atoms with E-state index >= 15 is 0 Å². The van der Waals surface area contributed by atoms with Gasteiger partial charge >= 0.3 is 0 Å². The molecule has 7 heteroatoms. The van der Waals surface area contributed by atoms with E-state index in [2.05, 4.69) is 58.5 Å². The Hall–Kier alpha value is -3.35. The van der Waals surface area contributed by atoms with Gasteiger partial charge in [0.15, 0.2) is 0 Å². The van der Waals surface area contributed by atoms with Crippen molar-refractivity contribution >= 4 is 11.6 Å². The number of nitrogens with one attached hydrogen (secondary N) is 1. The number of carbonyl (C=O) groups is 1. The molecule has 2 aromatic carbocycles. The highest BCUT2D eigenvalue weighted by Crippen LogP contribution is 2.20. The number of amides is 1. The molecule has 3 aromatic rings. The molecule has 0 aliphatic rings. The second kappa shape index (κ2) is 10.4. The molecule has 0 saturated heterocycles. The van der Waals surface area contributed by atoms with Crippen LogP contribution in [0, 0.1) is 6.92 Å². The van der Waals surface area contributed by atoms with E-state index < -0.39 is 0 Å². The van der Waals surface area contributed by atoms with Crippen LogP contribution in [0.5, 0.6) is 5.75 Å². The first-order valence-corrected chi connectivity index (χ1v) is 10.1. The van der Waals surface area contributed by atoms with Crippen LogP contribution in [0.1, 0.15) is 24.8 Å². The van der Waals surface area contributed by atoms with Crippen molar-refractivity contribution in [1.82, 2.24) is 15.5 Å². The predicted molar refractivity (Wildman–Crippen MR) is 117 cm³/mol. The summed E-state index contributed by atoms with van der Waals surface area (Å²) >= 11 is 0. The van der Waals surface area contributed by atoms with Gasteiger partial charge in [-0.05, 0) is 55.8 Å². The van der Waals surface area contributed by atoms with Gasteiger partial charge in [-0.15, -0.1) is 0 Å². The number of aromatic nitrogens is 2. The van der Waals surface area contributed by atoms with Gasteiger partial charge in [0.05, 0.1) is 7.11 Å². The molecule has 3 rings (SSSR count). The zero-order chi connectivity index (χ0) is 21.3. The fourth-order valence-corrected chi connectivity index (χ4v) is 3.15. The quantitative estimate of drug-likeness (QED) is 0.552. The maximum absolute atomic E-state index is 12.2. The first-order chi connectivity index (χ1) is 14.6. The molecule has 1 aromatic heterocycles. The van der Waals surface area contributed by atoms with Crippen LogP contribution >= 0.6 is 0 Å². The first kappa shape index (κ1) is 21.4. The van der Waals surface area contributed by atoms with Crippen LogP contribution in [0.3, 0.4) is 0 Å². The average molecular weight is 409 g/mol. The van der Waals surface area contributed by atoms with Crippen LogP contribution in [0.25, 0.3) is 11.4 Å². The standard InChI is InChI=1S/C23H28N4O3/c1-4-27(19-7-5-6-17(2)16-19)15-14-24-21(28)12-13-22-25-23(26-30-22)18-8-10-20(29-3)11-9-18/h5-11,16H,4,12-15H2,1-3H3,(H,24,28). The highest BCUT2D eigenvalue weighted by atomic mass is 16.5. The van der Waals surface area contributed by atoms with Gasteiger partial charge in [0.2, 0.25) is 17.6 Å². The fourth-order valence-electron chi connectivity index (χ4n) is 3.15. The summed E-state index contributed by atoms with van der Waals surface area (Å²) in [7, 11) is 1.62. The maximum atomic E-state index is 12.2. The summed E-state index contributed by atoms with van der Waals surface area (Å²) in [5.74, 6) is 1.69. The molecule has 7 nitrogen and oxygen atoms in total. The third-order valence-electron chi connectivity index (χ3n) is 4.83. The number of nitrogens with zero attached hydrogens (tertiary/aromatic N) is 3. The molecule has 30 heavy (non-hydrogen) atoms. The fraction of sp³-hybridized carbons (Fsp3) is 0.348. The number of hydrogen-bond donors (Lipinski definition) is 1. The summed E-state index contributed by atoms with van der Waals surface area (Å²) in [4.78, 5) is 18.8. The van der Waals surface area contributed by atoms with Crippen molar-refractivity contribution in [2.24, 2.45) is 0 Å². The van der Waals surface area contributed by atoms with Gasteiger partial charge in [-0.2, -0.15) is 4.98 Å². The molecule has 0 aliphatic heterocycles. The van der Waals surface area contributed by atoms with Crippen LogP contribution in [-0.4, -0.2) is 42.8 Å². The molecule has 158 valence electrons. The Bertz CT molecular complexity index is 953. The van der Waals surface area contributed by atoms with Gasteiger partial charge < -0.3 is 19.5 Å². The Kier molecular flexibility index (Phi) is 7.43. The summed E-state index contributed by atoms with van der Waals surface area (Å²) in [6, 6.07) is 15.8. The Labute approximate surface area is 177 Å². The average Bonchev–Trinajstić information content (AvgIpc) is 3.24. The van der Waals surface area contributed by atoms with Crippen molar-refractivity contribution in [2.45, 2.75) is 26.7 Å². The Morgan fingerprint density at radius 2 is 2.00 bits per heavy atom. The van der Waals surface area contributed by atoms with Crippen LogP contribution < -0.4 is 15.0 Å². The number of methoxy groups -OCH3 is 1. The molecule has 0 fully saturated rings. The second-order valence-electron chi connectivity index (χ2n) is 7.01. The first-order valence-electron chi connectivity index (χ1n) is 10.1. The summed E-state index contributed by atoms with van der Waals surface area (Å²) in [5.41, 5.74) is 3.23. The van der Waals surface area contributed by atoms with E-state index in [9.17, 15) is 4.79 Å². The van der Waals surface area contributed by atoms with Gasteiger partial charge in [-0.1, -0.05) is 17.3 Å². The van der Waals surface area contributed by atoms with Crippen molar-refractivity contribution in [3.63, 3.8) is 0 Å². The zero-order valence-electron chi connectivity index (χ0n) is 17.7. The van der Waals surface area contributed by atoms with Crippen molar-refractivity contribution in [1.29, 1.82) is 0 Å². The normalized spacial score (nSPS) is 10.6. The number of ether oxygens (including phenoxy) is 1. The smallest absolute Gasteiger partial charge is 0.227 e. The largest absolute Gasteiger partial charge is 0.497 e. The highest BCUT2D eigenvalue weighted by molar-refractivity contribution is 5.76. The van der Waals surface area contributed by atoms with Gasteiger partial charge in [-0.25, -0.2) is 0 Å². The molecule has 0 bridgehead atoms. The lowest BCUT2D eigenvalue weighted by Gasteiger charge is -2.23. The predicted octanol–water partition coefficient (Wildman–Crippen LogP) is 3.63. The van der Waals surface area contributed by atoms with Crippen molar-refractivity contribution in [2.75, 3.05) is 31.6 Å². The van der Waals surface area contributed by atoms with E-state index in [4.69, 9.17) is 9.26 Å². The molecule has 0 atom stereocenters. The third kappa shape index (κ3) is 5.83. The number of rotatable bonds is 10. The maximum Gasteiger partial charge on any atom is 0.227 e. The van der Waals surface area contributed by atoms with E-state index in [1.165, 1.54) is 11.3 Å². The highest BCUT2D eigenvalue weighted by Gasteiger charge is 2.11. The van der Waals surface area contributed by atoms with Gasteiger partial charge in [-0.3, -0.25) is 4.79 Å². The van der Waals surface area contributed by atoms with Crippen LogP contribution in [0.4, 0.5) is 5.69 Å². The van der Waals surface area contributed by atoms with Crippen molar-refractivity contribution in [3.05, 3.63) is 60.0 Å². The van der Waals surface area contributed by atoms with E-state index in [0.717, 1.165) is 24.4 Å². The Balaban J connectivity index is 1.44. The van der Waals surface area contributed by atoms with Gasteiger partial charge in [0, 0.05) is 43.7 Å². The second-order valence-corrected chi connectivity index (χ2v) is 7.01. The molecule has 0 unspecified atom stereocenters.